The van der Waals surface area contributed by atoms with Crippen LogP contribution in [-0.4, -0.2) is 41.5 Å². The maximum atomic E-state index is 12.5. The fourth-order valence-corrected chi connectivity index (χ4v) is 3.84. The fourth-order valence-electron chi connectivity index (χ4n) is 3.68. The smallest absolute Gasteiger partial charge is 0.251 e. The van der Waals surface area contributed by atoms with Crippen LogP contribution in [0.15, 0.2) is 42.7 Å². The first-order valence-corrected chi connectivity index (χ1v) is 8.96. The molecule has 4 rings (SSSR count). The second kappa shape index (κ2) is 7.02. The second-order valence-electron chi connectivity index (χ2n) is 6.75. The Hall–Kier alpha value is -2.11. The number of hydrogen-bond acceptors (Lipinski definition) is 4. The van der Waals surface area contributed by atoms with Crippen molar-refractivity contribution in [3.05, 3.63) is 53.3 Å². The van der Waals surface area contributed by atoms with Crippen LogP contribution in [0.4, 0.5) is 0 Å². The largest absolute Gasteiger partial charge is 0.456 e. The number of fused-ring (bicyclic) bond motifs is 2. The van der Waals surface area contributed by atoms with Gasteiger partial charge in [0.2, 0.25) is 0 Å². The number of benzene rings is 1. The van der Waals surface area contributed by atoms with Crippen molar-refractivity contribution in [2.75, 3.05) is 19.6 Å². The van der Waals surface area contributed by atoms with E-state index in [-0.39, 0.29) is 11.9 Å². The highest BCUT2D eigenvalue weighted by Crippen LogP contribution is 2.29. The lowest BCUT2D eigenvalue weighted by atomic mass is 9.96. The number of amides is 1. The molecule has 130 valence electrons. The van der Waals surface area contributed by atoms with E-state index in [1.807, 2.05) is 0 Å². The molecule has 2 saturated heterocycles. The Balaban J connectivity index is 1.38. The van der Waals surface area contributed by atoms with Gasteiger partial charge in [0.15, 0.2) is 0 Å². The lowest BCUT2D eigenvalue weighted by molar-refractivity contribution is 0.0909. The monoisotopic (exact) mass is 357 g/mol. The van der Waals surface area contributed by atoms with Crippen LogP contribution in [0.25, 0.3) is 0 Å². The average Bonchev–Trinajstić information content (AvgIpc) is 2.96. The molecule has 6 heteroatoms. The topological polar surface area (TPSA) is 54.5 Å². The summed E-state index contributed by atoms with van der Waals surface area (Å²) in [6.45, 7) is 3.32. The van der Waals surface area contributed by atoms with E-state index in [1.54, 1.807) is 36.5 Å². The van der Waals surface area contributed by atoms with E-state index in [0.29, 0.717) is 22.1 Å². The summed E-state index contributed by atoms with van der Waals surface area (Å²) in [4.78, 5) is 18.8. The number of piperidine rings is 1. The molecule has 1 amide bonds. The summed E-state index contributed by atoms with van der Waals surface area (Å²) in [6, 6.07) is 9.06. The molecule has 5 nitrogen and oxygen atoms in total. The first-order chi connectivity index (χ1) is 12.2. The van der Waals surface area contributed by atoms with Gasteiger partial charge in [0.1, 0.15) is 16.5 Å². The number of carbonyl (C=O) groups is 1. The minimum atomic E-state index is -0.0269. The van der Waals surface area contributed by atoms with Crippen molar-refractivity contribution in [3.63, 3.8) is 0 Å². The van der Waals surface area contributed by atoms with Crippen LogP contribution in [0.3, 0.4) is 0 Å². The predicted octanol–water partition coefficient (Wildman–Crippen LogP) is 3.35. The van der Waals surface area contributed by atoms with Gasteiger partial charge in [-0.2, -0.15) is 0 Å². The zero-order valence-corrected chi connectivity index (χ0v) is 14.6. The van der Waals surface area contributed by atoms with E-state index in [2.05, 4.69) is 15.2 Å². The molecule has 0 saturated carbocycles. The Morgan fingerprint density at radius 1 is 1.24 bits per heavy atom. The molecular formula is C19H20ClN3O2. The van der Waals surface area contributed by atoms with E-state index < -0.39 is 0 Å². The molecule has 0 radical (unpaired) electrons. The molecule has 3 atom stereocenters. The highest BCUT2D eigenvalue weighted by molar-refractivity contribution is 6.31. The molecule has 2 aromatic rings. The van der Waals surface area contributed by atoms with E-state index in [0.717, 1.165) is 18.9 Å². The maximum Gasteiger partial charge on any atom is 0.251 e. The van der Waals surface area contributed by atoms with E-state index >= 15 is 0 Å². The van der Waals surface area contributed by atoms with Crippen LogP contribution in [0.5, 0.6) is 11.5 Å². The summed E-state index contributed by atoms with van der Waals surface area (Å²) >= 11 is 6.04. The first-order valence-electron chi connectivity index (χ1n) is 8.58. The quantitative estimate of drug-likeness (QED) is 0.911. The third kappa shape index (κ3) is 3.78. The molecule has 1 aromatic carbocycles. The second-order valence-corrected chi connectivity index (χ2v) is 7.16. The van der Waals surface area contributed by atoms with Gasteiger partial charge in [0.25, 0.3) is 5.91 Å². The lowest BCUT2D eigenvalue weighted by Gasteiger charge is -2.30. The van der Waals surface area contributed by atoms with Gasteiger partial charge in [-0.15, -0.1) is 0 Å². The van der Waals surface area contributed by atoms with Gasteiger partial charge in [0.05, 0.1) is 0 Å². The first kappa shape index (κ1) is 16.4. The SMILES string of the molecule is O=C(N[C@@H]1C[C@H]2CCN(C2)C1)c1ccc(Oc2ccncc2Cl)cc1. The summed E-state index contributed by atoms with van der Waals surface area (Å²) in [5.41, 5.74) is 0.640. The predicted molar refractivity (Wildman–Crippen MR) is 96.2 cm³/mol. The van der Waals surface area contributed by atoms with Crippen molar-refractivity contribution < 1.29 is 9.53 Å². The Kier molecular flexibility index (Phi) is 4.59. The van der Waals surface area contributed by atoms with Gasteiger partial charge >= 0.3 is 0 Å². The number of ether oxygens (including phenoxy) is 1. The fraction of sp³-hybridized carbons (Fsp3) is 0.368. The minimum Gasteiger partial charge on any atom is -0.456 e. The summed E-state index contributed by atoms with van der Waals surface area (Å²) in [5.74, 6) is 1.88. The van der Waals surface area contributed by atoms with Crippen molar-refractivity contribution in [1.82, 2.24) is 15.2 Å². The van der Waals surface area contributed by atoms with Crippen molar-refractivity contribution >= 4 is 17.5 Å². The van der Waals surface area contributed by atoms with Crippen LogP contribution in [0, 0.1) is 5.92 Å². The average molecular weight is 358 g/mol. The van der Waals surface area contributed by atoms with Crippen LogP contribution in [0.2, 0.25) is 5.02 Å². The molecule has 1 N–H and O–H groups in total. The third-order valence-electron chi connectivity index (χ3n) is 4.88. The number of aromatic nitrogens is 1. The van der Waals surface area contributed by atoms with Crippen molar-refractivity contribution in [1.29, 1.82) is 0 Å². The van der Waals surface area contributed by atoms with Crippen LogP contribution < -0.4 is 10.1 Å². The summed E-state index contributed by atoms with van der Waals surface area (Å²) in [7, 11) is 0. The number of rotatable bonds is 4. The van der Waals surface area contributed by atoms with Gasteiger partial charge in [-0.1, -0.05) is 11.6 Å². The Labute approximate surface area is 152 Å². The van der Waals surface area contributed by atoms with Gasteiger partial charge in [-0.3, -0.25) is 9.78 Å². The Morgan fingerprint density at radius 2 is 2.08 bits per heavy atom. The molecular weight excluding hydrogens is 338 g/mol. The van der Waals surface area contributed by atoms with Crippen LogP contribution in [0.1, 0.15) is 23.2 Å². The maximum absolute atomic E-state index is 12.5. The number of pyridine rings is 1. The Bertz CT molecular complexity index is 754. The molecule has 1 aromatic heterocycles. The van der Waals surface area contributed by atoms with E-state index in [9.17, 15) is 4.79 Å². The summed E-state index contributed by atoms with van der Waals surface area (Å²) < 4.78 is 5.72. The van der Waals surface area contributed by atoms with Gasteiger partial charge in [-0.05, 0) is 49.6 Å². The van der Waals surface area contributed by atoms with E-state index in [1.165, 1.54) is 25.7 Å². The minimum absolute atomic E-state index is 0.0269. The lowest BCUT2D eigenvalue weighted by Crippen LogP contribution is -2.46. The normalized spacial score (nSPS) is 24.8. The van der Waals surface area contributed by atoms with Crippen LogP contribution in [-0.2, 0) is 0 Å². The molecule has 25 heavy (non-hydrogen) atoms. The number of carbonyl (C=O) groups excluding carboxylic acids is 1. The van der Waals surface area contributed by atoms with Gasteiger partial charge in [-0.25, -0.2) is 0 Å². The molecule has 2 fully saturated rings. The molecule has 0 spiro atoms. The van der Waals surface area contributed by atoms with Gasteiger partial charge < -0.3 is 15.0 Å². The molecule has 2 aliphatic rings. The number of hydrogen-bond donors (Lipinski definition) is 1. The van der Waals surface area contributed by atoms with E-state index in [4.69, 9.17) is 16.3 Å². The molecule has 1 unspecified atom stereocenters. The highest BCUT2D eigenvalue weighted by Gasteiger charge is 2.32. The zero-order valence-electron chi connectivity index (χ0n) is 13.8. The zero-order chi connectivity index (χ0) is 17.2. The number of nitrogens with zero attached hydrogens (tertiary/aromatic N) is 2. The van der Waals surface area contributed by atoms with Crippen LogP contribution >= 0.6 is 11.6 Å². The van der Waals surface area contributed by atoms with Crippen molar-refractivity contribution in [2.24, 2.45) is 5.92 Å². The third-order valence-corrected chi connectivity index (χ3v) is 5.17. The van der Waals surface area contributed by atoms with Crippen molar-refractivity contribution in [3.8, 4) is 11.5 Å². The Morgan fingerprint density at radius 3 is 2.84 bits per heavy atom. The van der Waals surface area contributed by atoms with Gasteiger partial charge in [0, 0.05) is 43.2 Å². The summed E-state index contributed by atoms with van der Waals surface area (Å²) in [6.07, 6.45) is 5.50. The number of nitrogens with one attached hydrogen (secondary N) is 1. The molecule has 2 aliphatic heterocycles. The number of halogens is 1. The highest BCUT2D eigenvalue weighted by atomic mass is 35.5. The molecule has 2 bridgehead atoms. The van der Waals surface area contributed by atoms with Crippen molar-refractivity contribution in [2.45, 2.75) is 18.9 Å². The molecule has 3 heterocycles. The molecule has 0 aliphatic carbocycles. The summed E-state index contributed by atoms with van der Waals surface area (Å²) in [5, 5.41) is 3.61. The standard InChI is InChI=1S/C19H20ClN3O2/c20-17-10-21-7-5-18(17)25-16-3-1-14(2-4-16)19(24)22-15-9-13-6-8-23(11-13)12-15/h1-5,7,10,13,15H,6,8-9,11-12H2,(H,22,24)/t13-,15-/m1/s1.